The second-order valence-corrected chi connectivity index (χ2v) is 10.7. The van der Waals surface area contributed by atoms with Gasteiger partial charge in [-0.2, -0.15) is 0 Å². The van der Waals surface area contributed by atoms with Gasteiger partial charge < -0.3 is 30.3 Å². The molecule has 9 nitrogen and oxygen atoms in total. The van der Waals surface area contributed by atoms with E-state index in [2.05, 4.69) is 16.0 Å². The van der Waals surface area contributed by atoms with Gasteiger partial charge in [-0.25, -0.2) is 4.79 Å². The van der Waals surface area contributed by atoms with Crippen molar-refractivity contribution in [2.45, 2.75) is 32.1 Å². The smallest absolute Gasteiger partial charge is 0.320 e. The van der Waals surface area contributed by atoms with E-state index in [-0.39, 0.29) is 37.9 Å². The van der Waals surface area contributed by atoms with Crippen LogP contribution in [0.25, 0.3) is 0 Å². The fraction of sp³-hybridized carbons (Fsp3) is 0.323. The van der Waals surface area contributed by atoms with Gasteiger partial charge in [-0.05, 0) is 44.2 Å². The van der Waals surface area contributed by atoms with Gasteiger partial charge in [0, 0.05) is 28.7 Å². The number of halogens is 2. The fourth-order valence-corrected chi connectivity index (χ4v) is 4.95. The molecule has 0 saturated carbocycles. The highest BCUT2D eigenvalue weighted by Gasteiger charge is 2.53. The minimum absolute atomic E-state index is 0.00772. The van der Waals surface area contributed by atoms with Gasteiger partial charge in [-0.15, -0.1) is 23.2 Å². The Morgan fingerprint density at radius 1 is 0.833 bits per heavy atom. The van der Waals surface area contributed by atoms with Crippen LogP contribution in [-0.2, 0) is 24.6 Å². The first kappa shape index (κ1) is 31.3. The molecule has 1 atom stereocenters. The number of hydrogen-bond acceptors (Lipinski definition) is 5. The topological polar surface area (TPSA) is 109 Å². The van der Waals surface area contributed by atoms with Crippen LogP contribution < -0.4 is 20.9 Å². The number of fused-ring (bicyclic) bond motifs is 1. The Labute approximate surface area is 255 Å². The molecule has 3 N–H and O–H groups in total. The van der Waals surface area contributed by atoms with Gasteiger partial charge in [-0.3, -0.25) is 9.59 Å². The number of benzene rings is 3. The van der Waals surface area contributed by atoms with Crippen LogP contribution in [0.15, 0.2) is 72.8 Å². The normalized spacial score (nSPS) is 15.9. The highest BCUT2D eigenvalue weighted by Crippen LogP contribution is 2.43. The summed E-state index contributed by atoms with van der Waals surface area (Å²) in [6, 6.07) is 20.9. The molecule has 0 bridgehead atoms. The Morgan fingerprint density at radius 2 is 1.38 bits per heavy atom. The van der Waals surface area contributed by atoms with Gasteiger partial charge in [0.05, 0.1) is 31.9 Å². The molecule has 42 heavy (non-hydrogen) atoms. The molecule has 0 radical (unpaired) electrons. The Morgan fingerprint density at radius 3 is 1.95 bits per heavy atom. The van der Waals surface area contributed by atoms with Crippen LogP contribution in [0.5, 0.6) is 0 Å². The quantitative estimate of drug-likeness (QED) is 0.174. The lowest BCUT2D eigenvalue weighted by atomic mass is 9.87. The van der Waals surface area contributed by atoms with Crippen molar-refractivity contribution in [3.8, 4) is 0 Å². The second kappa shape index (κ2) is 14.5. The molecular formula is C31H34Cl2N4O5. The number of anilines is 3. The molecule has 0 spiro atoms. The van der Waals surface area contributed by atoms with Crippen LogP contribution in [0.1, 0.15) is 23.1 Å². The molecule has 4 rings (SSSR count). The fourth-order valence-electron chi connectivity index (χ4n) is 4.77. The first-order chi connectivity index (χ1) is 20.3. The predicted molar refractivity (Wildman–Crippen MR) is 165 cm³/mol. The zero-order valence-corrected chi connectivity index (χ0v) is 25.0. The highest BCUT2D eigenvalue weighted by atomic mass is 35.5. The van der Waals surface area contributed by atoms with Crippen LogP contribution in [0.3, 0.4) is 0 Å². The first-order valence-corrected chi connectivity index (χ1v) is 14.6. The molecule has 0 unspecified atom stereocenters. The van der Waals surface area contributed by atoms with Gasteiger partial charge in [0.25, 0.3) is 5.91 Å². The molecule has 1 aliphatic heterocycles. The molecule has 3 aromatic rings. The van der Waals surface area contributed by atoms with Crippen LogP contribution in [0.2, 0.25) is 0 Å². The SMILES string of the molecule is Cc1ccc(NC(=O)C[C@]2(NC(=O)Nc3ccc(C)cc3)C(=O)N(CC(OCCCl)OCCCl)c3ccccc32)cc1. The van der Waals surface area contributed by atoms with Gasteiger partial charge in [-0.1, -0.05) is 53.6 Å². The number of carbonyl (C=O) groups is 3. The maximum Gasteiger partial charge on any atom is 0.320 e. The molecule has 3 aromatic carbocycles. The van der Waals surface area contributed by atoms with Crippen molar-refractivity contribution in [1.82, 2.24) is 5.32 Å². The summed E-state index contributed by atoms with van der Waals surface area (Å²) in [5, 5.41) is 8.49. The van der Waals surface area contributed by atoms with Gasteiger partial charge in [0.2, 0.25) is 5.91 Å². The van der Waals surface area contributed by atoms with Crippen LogP contribution in [0, 0.1) is 13.8 Å². The largest absolute Gasteiger partial charge is 0.350 e. The van der Waals surface area contributed by atoms with Crippen molar-refractivity contribution < 1.29 is 23.9 Å². The van der Waals surface area contributed by atoms with E-state index < -0.39 is 29.7 Å². The maximum atomic E-state index is 14.4. The molecule has 4 amide bonds. The Kier molecular flexibility index (Phi) is 10.8. The molecular weight excluding hydrogens is 579 g/mol. The summed E-state index contributed by atoms with van der Waals surface area (Å²) >= 11 is 11.7. The lowest BCUT2D eigenvalue weighted by molar-refractivity contribution is -0.137. The number of nitrogens with zero attached hydrogens (tertiary/aromatic N) is 1. The van der Waals surface area contributed by atoms with E-state index in [9.17, 15) is 14.4 Å². The van der Waals surface area contributed by atoms with Crippen molar-refractivity contribution >= 4 is 58.1 Å². The number of nitrogens with one attached hydrogen (secondary N) is 3. The number of para-hydroxylation sites is 1. The number of hydrogen-bond donors (Lipinski definition) is 3. The third kappa shape index (κ3) is 7.60. The molecule has 0 saturated heterocycles. The minimum Gasteiger partial charge on any atom is -0.350 e. The number of ether oxygens (including phenoxy) is 2. The van der Waals surface area contributed by atoms with Crippen molar-refractivity contribution in [2.24, 2.45) is 0 Å². The van der Waals surface area contributed by atoms with E-state index in [1.54, 1.807) is 48.5 Å². The zero-order chi connectivity index (χ0) is 30.1. The highest BCUT2D eigenvalue weighted by molar-refractivity contribution is 6.18. The third-order valence-corrected chi connectivity index (χ3v) is 7.06. The average molecular weight is 614 g/mol. The number of carbonyl (C=O) groups excluding carboxylic acids is 3. The lowest BCUT2D eigenvalue weighted by Gasteiger charge is -2.30. The van der Waals surface area contributed by atoms with Gasteiger partial charge in [0.15, 0.2) is 11.8 Å². The van der Waals surface area contributed by atoms with Crippen LogP contribution in [0.4, 0.5) is 21.9 Å². The molecule has 11 heteroatoms. The Bertz CT molecular complexity index is 1320. The van der Waals surface area contributed by atoms with Gasteiger partial charge in [0.1, 0.15) is 0 Å². The summed E-state index contributed by atoms with van der Waals surface area (Å²) < 4.78 is 11.5. The number of amides is 4. The van der Waals surface area contributed by atoms with Crippen molar-refractivity contribution in [3.63, 3.8) is 0 Å². The molecule has 222 valence electrons. The average Bonchev–Trinajstić information content (AvgIpc) is 3.19. The Balaban J connectivity index is 1.68. The van der Waals surface area contributed by atoms with Crippen molar-refractivity contribution in [3.05, 3.63) is 89.5 Å². The van der Waals surface area contributed by atoms with Crippen LogP contribution in [-0.4, -0.2) is 55.7 Å². The zero-order valence-electron chi connectivity index (χ0n) is 23.5. The number of alkyl halides is 2. The van der Waals surface area contributed by atoms with E-state index in [0.29, 0.717) is 22.6 Å². The number of urea groups is 1. The number of rotatable bonds is 13. The summed E-state index contributed by atoms with van der Waals surface area (Å²) in [4.78, 5) is 42.7. The van der Waals surface area contributed by atoms with Crippen molar-refractivity contribution in [1.29, 1.82) is 0 Å². The van der Waals surface area contributed by atoms with E-state index in [0.717, 1.165) is 11.1 Å². The lowest BCUT2D eigenvalue weighted by Crippen LogP contribution is -2.56. The summed E-state index contributed by atoms with van der Waals surface area (Å²) in [6.07, 6.45) is -1.19. The minimum atomic E-state index is -1.72. The van der Waals surface area contributed by atoms with Gasteiger partial charge >= 0.3 is 6.03 Å². The summed E-state index contributed by atoms with van der Waals surface area (Å²) in [6.45, 7) is 4.27. The summed E-state index contributed by atoms with van der Waals surface area (Å²) in [5.74, 6) is -0.492. The first-order valence-electron chi connectivity index (χ1n) is 13.5. The monoisotopic (exact) mass is 612 g/mol. The molecule has 1 aliphatic rings. The summed E-state index contributed by atoms with van der Waals surface area (Å²) in [5.41, 5.74) is 2.46. The van der Waals surface area contributed by atoms with E-state index >= 15 is 0 Å². The molecule has 0 aromatic heterocycles. The van der Waals surface area contributed by atoms with Crippen LogP contribution >= 0.6 is 23.2 Å². The van der Waals surface area contributed by atoms with E-state index in [1.807, 2.05) is 38.1 Å². The standard InChI is InChI=1S/C31H34Cl2N4O5/c1-21-7-11-23(12-8-21)34-27(38)19-31(36-30(40)35-24-13-9-22(2)10-14-24)25-5-3-4-6-26(25)37(29(31)39)20-28(41-17-15-32)42-18-16-33/h3-14,28H,15-20H2,1-2H3,(H,34,38)(H2,35,36,40)/t31-/m1/s1. The maximum absolute atomic E-state index is 14.4. The van der Waals surface area contributed by atoms with E-state index in [1.165, 1.54) is 4.90 Å². The Hall–Kier alpha value is -3.63. The second-order valence-electron chi connectivity index (χ2n) is 9.92. The number of aryl methyl sites for hydroxylation is 2. The molecule has 1 heterocycles. The third-order valence-electron chi connectivity index (χ3n) is 6.76. The van der Waals surface area contributed by atoms with Crippen molar-refractivity contribution in [2.75, 3.05) is 47.1 Å². The van der Waals surface area contributed by atoms with E-state index in [4.69, 9.17) is 32.7 Å². The predicted octanol–water partition coefficient (Wildman–Crippen LogP) is 5.53. The summed E-state index contributed by atoms with van der Waals surface area (Å²) in [7, 11) is 0. The molecule has 0 aliphatic carbocycles. The molecule has 0 fully saturated rings.